The van der Waals surface area contributed by atoms with Gasteiger partial charge < -0.3 is 15.2 Å². The number of ether oxygens (including phenoxy) is 1. The summed E-state index contributed by atoms with van der Waals surface area (Å²) in [5, 5.41) is 30.8. The molecule has 0 aliphatic heterocycles. The van der Waals surface area contributed by atoms with Crippen molar-refractivity contribution in [2.24, 2.45) is 0 Å². The van der Waals surface area contributed by atoms with E-state index in [1.807, 2.05) is 0 Å². The van der Waals surface area contributed by atoms with Gasteiger partial charge in [0, 0.05) is 25.6 Å². The van der Waals surface area contributed by atoms with Gasteiger partial charge >= 0.3 is 6.36 Å². The van der Waals surface area contributed by atoms with E-state index in [-0.39, 0.29) is 48.1 Å². The van der Waals surface area contributed by atoms with Crippen LogP contribution in [0, 0.1) is 5.82 Å². The quantitative estimate of drug-likeness (QED) is 0.259. The number of amides is 1. The molecule has 0 saturated carbocycles. The molecule has 3 rings (SSSR count). The number of carbonyl (C=O) groups is 1. The Hall–Kier alpha value is -3.24. The van der Waals surface area contributed by atoms with Crippen molar-refractivity contribution in [2.75, 3.05) is 7.05 Å². The summed E-state index contributed by atoms with van der Waals surface area (Å²) in [6.45, 7) is -0.521. The summed E-state index contributed by atoms with van der Waals surface area (Å²) in [6, 6.07) is 2.49. The van der Waals surface area contributed by atoms with Crippen molar-refractivity contribution in [3.8, 4) is 5.75 Å². The van der Waals surface area contributed by atoms with E-state index in [0.717, 1.165) is 29.5 Å². The molecular weight excluding hydrogens is 501 g/mol. The van der Waals surface area contributed by atoms with E-state index < -0.39 is 30.3 Å². The summed E-state index contributed by atoms with van der Waals surface area (Å²) < 4.78 is 70.2. The predicted octanol–water partition coefficient (Wildman–Crippen LogP) is 2.28. The minimum atomic E-state index is -4.93. The zero-order chi connectivity index (χ0) is 25.6. The summed E-state index contributed by atoms with van der Waals surface area (Å²) in [7, 11) is 1.46. The maximum absolute atomic E-state index is 14.4. The summed E-state index contributed by atoms with van der Waals surface area (Å²) in [6.07, 6.45) is -6.11. The van der Waals surface area contributed by atoms with E-state index in [2.05, 4.69) is 35.9 Å². The lowest BCUT2D eigenvalue weighted by molar-refractivity contribution is -0.274. The van der Waals surface area contributed by atoms with Crippen LogP contribution in [0.15, 0.2) is 24.4 Å². The molecule has 0 fully saturated rings. The van der Waals surface area contributed by atoms with Crippen molar-refractivity contribution in [1.29, 1.82) is 0 Å². The first kappa shape index (κ1) is 26.4. The number of nitrogens with zero attached hydrogens (tertiary/aromatic N) is 5. The first-order valence-electron chi connectivity index (χ1n) is 10.1. The normalized spacial score (nSPS) is 13.5. The molecule has 190 valence electrons. The third-order valence-corrected chi connectivity index (χ3v) is 5.50. The van der Waals surface area contributed by atoms with Crippen LogP contribution in [0.3, 0.4) is 0 Å². The first-order chi connectivity index (χ1) is 16.5. The molecule has 2 unspecified atom stereocenters. The Labute approximate surface area is 199 Å². The van der Waals surface area contributed by atoms with Crippen LogP contribution in [0.25, 0.3) is 0 Å². The van der Waals surface area contributed by atoms with Gasteiger partial charge in [-0.1, -0.05) is 16.6 Å². The molecule has 35 heavy (non-hydrogen) atoms. The number of benzene rings is 1. The van der Waals surface area contributed by atoms with Crippen molar-refractivity contribution in [3.63, 3.8) is 0 Å². The third-order valence-electron chi connectivity index (χ3n) is 4.52. The van der Waals surface area contributed by atoms with Crippen molar-refractivity contribution >= 4 is 17.2 Å². The Morgan fingerprint density at radius 1 is 1.29 bits per heavy atom. The molecule has 1 amide bonds. The lowest BCUT2D eigenvalue weighted by Gasteiger charge is -2.13. The van der Waals surface area contributed by atoms with Crippen LogP contribution in [0.1, 0.15) is 38.7 Å². The standard InChI is InChI=1S/C19H20F5N7O3S/c1-25-17(33)18-29-28-15(35-18)5-2-11(20)8-31-9-14(27-30-31)16(32)26-7-10-6-12(3-4-13(10)21)34-19(22,23)24/h3-4,6,9,11,16,26,32H,2,5,7-8H2,1H3,(H,25,33). The Morgan fingerprint density at radius 3 is 2.77 bits per heavy atom. The van der Waals surface area contributed by atoms with Gasteiger partial charge in [0.1, 0.15) is 28.4 Å². The third kappa shape index (κ3) is 7.90. The predicted molar refractivity (Wildman–Crippen MR) is 111 cm³/mol. The van der Waals surface area contributed by atoms with Crippen LogP contribution in [0.5, 0.6) is 5.75 Å². The molecule has 1 aromatic carbocycles. The van der Waals surface area contributed by atoms with Crippen LogP contribution < -0.4 is 15.4 Å². The van der Waals surface area contributed by atoms with Gasteiger partial charge in [0.2, 0.25) is 5.01 Å². The van der Waals surface area contributed by atoms with Gasteiger partial charge in [-0.15, -0.1) is 28.5 Å². The molecule has 2 atom stereocenters. The van der Waals surface area contributed by atoms with Gasteiger partial charge in [-0.05, 0) is 24.6 Å². The Bertz CT molecular complexity index is 1140. The highest BCUT2D eigenvalue weighted by Gasteiger charge is 2.31. The lowest BCUT2D eigenvalue weighted by atomic mass is 10.2. The molecule has 3 aromatic rings. The van der Waals surface area contributed by atoms with Crippen LogP contribution in [0.2, 0.25) is 0 Å². The monoisotopic (exact) mass is 521 g/mol. The molecule has 0 spiro atoms. The summed E-state index contributed by atoms with van der Waals surface area (Å²) in [5.74, 6) is -1.79. The molecule has 10 nitrogen and oxygen atoms in total. The Kier molecular flexibility index (Phi) is 8.63. The topological polar surface area (TPSA) is 127 Å². The molecule has 0 aliphatic rings. The second-order valence-corrected chi connectivity index (χ2v) is 8.23. The molecule has 16 heteroatoms. The number of nitrogens with one attached hydrogen (secondary N) is 2. The number of aromatic nitrogens is 5. The van der Waals surface area contributed by atoms with E-state index in [9.17, 15) is 31.9 Å². The molecule has 0 bridgehead atoms. The van der Waals surface area contributed by atoms with Crippen molar-refractivity contribution < 1.29 is 36.6 Å². The zero-order valence-corrected chi connectivity index (χ0v) is 18.9. The fourth-order valence-corrected chi connectivity index (χ4v) is 3.65. The van der Waals surface area contributed by atoms with Crippen LogP contribution >= 0.6 is 11.3 Å². The summed E-state index contributed by atoms with van der Waals surface area (Å²) >= 11 is 1.06. The fourth-order valence-electron chi connectivity index (χ4n) is 2.85. The number of rotatable bonds is 11. The lowest BCUT2D eigenvalue weighted by Crippen LogP contribution is -2.22. The number of hydrogen-bond donors (Lipinski definition) is 3. The molecule has 0 aliphatic carbocycles. The number of aryl methyl sites for hydroxylation is 1. The van der Waals surface area contributed by atoms with E-state index in [1.165, 1.54) is 17.9 Å². The maximum atomic E-state index is 14.4. The zero-order valence-electron chi connectivity index (χ0n) is 18.1. The minimum Gasteiger partial charge on any atom is -0.406 e. The van der Waals surface area contributed by atoms with E-state index in [4.69, 9.17) is 0 Å². The molecule has 2 heterocycles. The first-order valence-corrected chi connectivity index (χ1v) is 10.9. The molecule has 2 aromatic heterocycles. The number of carbonyl (C=O) groups excluding carboxylic acids is 1. The average molecular weight is 521 g/mol. The summed E-state index contributed by atoms with van der Waals surface area (Å²) in [5.41, 5.74) is -0.182. The van der Waals surface area contributed by atoms with Crippen molar-refractivity contribution in [1.82, 2.24) is 35.8 Å². The molecule has 0 saturated heterocycles. The van der Waals surface area contributed by atoms with Gasteiger partial charge in [-0.3, -0.25) is 10.1 Å². The second kappa shape index (κ2) is 11.5. The second-order valence-electron chi connectivity index (χ2n) is 7.17. The fraction of sp³-hybridized carbons (Fsp3) is 0.421. The van der Waals surface area contributed by atoms with Gasteiger partial charge in [0.05, 0.1) is 12.7 Å². The van der Waals surface area contributed by atoms with Gasteiger partial charge in [-0.2, -0.15) is 0 Å². The van der Waals surface area contributed by atoms with Gasteiger partial charge in [-0.25, -0.2) is 13.5 Å². The molecule has 0 radical (unpaired) electrons. The smallest absolute Gasteiger partial charge is 0.406 e. The Balaban J connectivity index is 1.49. The average Bonchev–Trinajstić information content (AvgIpc) is 3.46. The number of aliphatic hydroxyl groups is 1. The van der Waals surface area contributed by atoms with Crippen LogP contribution in [-0.2, 0) is 19.5 Å². The number of halogens is 5. The van der Waals surface area contributed by atoms with E-state index in [0.29, 0.717) is 5.01 Å². The highest BCUT2D eigenvalue weighted by Crippen LogP contribution is 2.25. The maximum Gasteiger partial charge on any atom is 0.573 e. The van der Waals surface area contributed by atoms with Gasteiger partial charge in [0.25, 0.3) is 5.91 Å². The van der Waals surface area contributed by atoms with Crippen LogP contribution in [-0.4, -0.2) is 55.8 Å². The Morgan fingerprint density at radius 2 is 2.06 bits per heavy atom. The van der Waals surface area contributed by atoms with Crippen molar-refractivity contribution in [3.05, 3.63) is 51.5 Å². The number of aliphatic hydroxyl groups excluding tert-OH is 1. The molecular formula is C19H20F5N7O3S. The molecule has 3 N–H and O–H groups in total. The summed E-state index contributed by atoms with van der Waals surface area (Å²) in [4.78, 5) is 11.5. The minimum absolute atomic E-state index is 0.000326. The van der Waals surface area contributed by atoms with E-state index >= 15 is 0 Å². The highest BCUT2D eigenvalue weighted by atomic mass is 32.1. The van der Waals surface area contributed by atoms with Gasteiger partial charge in [0.15, 0.2) is 6.23 Å². The number of hydrogen-bond acceptors (Lipinski definition) is 9. The van der Waals surface area contributed by atoms with Crippen molar-refractivity contribution in [2.45, 2.75) is 44.7 Å². The number of alkyl halides is 4. The van der Waals surface area contributed by atoms with Crippen LogP contribution in [0.4, 0.5) is 22.0 Å². The SMILES string of the molecule is CNC(=O)c1nnc(CCC(F)Cn2cc(C(O)NCc3cc(OC(F)(F)F)ccc3F)nn2)s1. The highest BCUT2D eigenvalue weighted by molar-refractivity contribution is 7.13. The van der Waals surface area contributed by atoms with E-state index in [1.54, 1.807) is 0 Å². The largest absolute Gasteiger partial charge is 0.573 e.